The van der Waals surface area contributed by atoms with Crippen LogP contribution in [-0.4, -0.2) is 56.7 Å². The Balaban J connectivity index is 1.49. The summed E-state index contributed by atoms with van der Waals surface area (Å²) in [7, 11) is 0. The Labute approximate surface area is 337 Å². The molecule has 57 heavy (non-hydrogen) atoms. The predicted octanol–water partition coefficient (Wildman–Crippen LogP) is 10.4. The first kappa shape index (κ1) is 45.7. The van der Waals surface area contributed by atoms with E-state index < -0.39 is 17.9 Å². The maximum atomic E-state index is 13.2. The van der Waals surface area contributed by atoms with E-state index >= 15 is 0 Å². The van der Waals surface area contributed by atoms with Gasteiger partial charge in [-0.3, -0.25) is 4.79 Å². The minimum absolute atomic E-state index is 0.108. The fraction of sp³-hybridized carbons (Fsp3) is 0.404. The van der Waals surface area contributed by atoms with E-state index in [1.807, 2.05) is 36.4 Å². The Morgan fingerprint density at radius 2 is 0.912 bits per heavy atom. The number of esters is 3. The van der Waals surface area contributed by atoms with Crippen LogP contribution in [0.1, 0.15) is 100 Å². The lowest BCUT2D eigenvalue weighted by Gasteiger charge is -2.15. The zero-order valence-electron chi connectivity index (χ0n) is 33.2. The van der Waals surface area contributed by atoms with Crippen LogP contribution in [0.2, 0.25) is 0 Å². The van der Waals surface area contributed by atoms with Gasteiger partial charge < -0.3 is 28.4 Å². The molecule has 0 aliphatic carbocycles. The van der Waals surface area contributed by atoms with Crippen LogP contribution in [0.4, 0.5) is 0 Å². The number of ether oxygens (including phenoxy) is 6. The number of hydrogen-bond acceptors (Lipinski definition) is 10. The molecule has 0 atom stereocenters. The lowest BCUT2D eigenvalue weighted by Crippen LogP contribution is -2.09. The number of hydrogen-bond donors (Lipinski definition) is 0. The Bertz CT molecular complexity index is 1690. The van der Waals surface area contributed by atoms with Crippen LogP contribution in [0.25, 0.3) is 11.1 Å². The van der Waals surface area contributed by atoms with E-state index in [0.29, 0.717) is 62.3 Å². The molecule has 0 aliphatic rings. The average molecular weight is 783 g/mol. The summed E-state index contributed by atoms with van der Waals surface area (Å²) in [5.74, 6) is 0.950. The van der Waals surface area contributed by atoms with Gasteiger partial charge in [-0.1, -0.05) is 63.3 Å². The van der Waals surface area contributed by atoms with Gasteiger partial charge in [0.05, 0.1) is 38.6 Å². The van der Waals surface area contributed by atoms with Crippen molar-refractivity contribution in [1.29, 1.82) is 0 Å². The molecule has 0 saturated heterocycles. The van der Waals surface area contributed by atoms with Crippen molar-refractivity contribution in [3.8, 4) is 34.1 Å². The number of benzene rings is 3. The predicted molar refractivity (Wildman–Crippen MR) is 222 cm³/mol. The molecular weight excluding hydrogens is 725 g/mol. The fourth-order valence-electron chi connectivity index (χ4n) is 5.66. The number of allylic oxidation sites excluding steroid dienone is 1. The molecule has 0 spiro atoms. The van der Waals surface area contributed by atoms with Gasteiger partial charge in [-0.15, -0.1) is 0 Å². The molecule has 0 bridgehead atoms. The largest absolute Gasteiger partial charge is 0.494 e. The Hall–Kier alpha value is -5.64. The monoisotopic (exact) mass is 782 g/mol. The van der Waals surface area contributed by atoms with Gasteiger partial charge >= 0.3 is 17.9 Å². The molecule has 0 amide bonds. The molecule has 10 nitrogen and oxygen atoms in total. The first-order valence-electron chi connectivity index (χ1n) is 20.0. The lowest BCUT2D eigenvalue weighted by molar-refractivity contribution is -0.138. The van der Waals surface area contributed by atoms with E-state index in [4.69, 9.17) is 28.4 Å². The first-order valence-corrected chi connectivity index (χ1v) is 20.0. The van der Waals surface area contributed by atoms with Gasteiger partial charge in [0.25, 0.3) is 0 Å². The minimum Gasteiger partial charge on any atom is -0.494 e. The number of carbonyl (C=O) groups is 4. The van der Waals surface area contributed by atoms with Crippen molar-refractivity contribution in [2.75, 3.05) is 33.0 Å². The van der Waals surface area contributed by atoms with E-state index in [1.165, 1.54) is 6.08 Å². The molecule has 0 aliphatic heterocycles. The van der Waals surface area contributed by atoms with E-state index in [1.54, 1.807) is 30.3 Å². The van der Waals surface area contributed by atoms with Crippen LogP contribution in [-0.2, 0) is 23.9 Å². The second kappa shape index (κ2) is 27.9. The highest BCUT2D eigenvalue weighted by atomic mass is 16.5. The summed E-state index contributed by atoms with van der Waals surface area (Å²) in [4.78, 5) is 46.9. The summed E-state index contributed by atoms with van der Waals surface area (Å²) in [5, 5.41) is 0. The molecule has 0 N–H and O–H groups in total. The average Bonchev–Trinajstić information content (AvgIpc) is 3.24. The van der Waals surface area contributed by atoms with E-state index in [9.17, 15) is 19.2 Å². The first-order chi connectivity index (χ1) is 27.8. The lowest BCUT2D eigenvalue weighted by atomic mass is 10.0. The third-order valence-corrected chi connectivity index (χ3v) is 8.91. The molecule has 3 rings (SSSR count). The molecular formula is C47H58O10. The summed E-state index contributed by atoms with van der Waals surface area (Å²) in [5.41, 5.74) is 2.37. The molecule has 10 heteroatoms. The second-order valence-electron chi connectivity index (χ2n) is 13.4. The smallest absolute Gasteiger partial charge is 0.343 e. The van der Waals surface area contributed by atoms with Crippen LogP contribution in [0.5, 0.6) is 23.0 Å². The van der Waals surface area contributed by atoms with Crippen molar-refractivity contribution in [1.82, 2.24) is 0 Å². The molecule has 0 heterocycles. The molecule has 0 saturated carbocycles. The van der Waals surface area contributed by atoms with Gasteiger partial charge in [0.1, 0.15) is 11.5 Å². The van der Waals surface area contributed by atoms with Gasteiger partial charge in [-0.2, -0.15) is 0 Å². The van der Waals surface area contributed by atoms with Crippen molar-refractivity contribution < 1.29 is 47.6 Å². The Morgan fingerprint density at radius 1 is 0.456 bits per heavy atom. The zero-order valence-corrected chi connectivity index (χ0v) is 33.2. The van der Waals surface area contributed by atoms with Crippen LogP contribution in [0, 0.1) is 0 Å². The fourth-order valence-corrected chi connectivity index (χ4v) is 5.66. The normalized spacial score (nSPS) is 10.5. The summed E-state index contributed by atoms with van der Waals surface area (Å²) in [6, 6.07) is 20.2. The van der Waals surface area contributed by atoms with Crippen molar-refractivity contribution in [3.05, 3.63) is 110 Å². The highest BCUT2D eigenvalue weighted by Crippen LogP contribution is 2.33. The zero-order chi connectivity index (χ0) is 40.9. The Morgan fingerprint density at radius 3 is 1.46 bits per heavy atom. The summed E-state index contributed by atoms with van der Waals surface area (Å²) >= 11 is 0. The van der Waals surface area contributed by atoms with Gasteiger partial charge in [-0.25, -0.2) is 14.4 Å². The van der Waals surface area contributed by atoms with Crippen LogP contribution < -0.4 is 18.9 Å². The van der Waals surface area contributed by atoms with Gasteiger partial charge in [0, 0.05) is 24.6 Å². The standard InChI is InChI=1S/C47H58O10/c1-4-40(48)20-14-8-7-9-15-31-52-41-27-25-38(26-28-41)37-21-23-39(24-22-37)47(51)57-42-29-30-43(53-32-16-10-12-18-34-55-45(49)5-2)44(36-42)54-33-17-11-13-19-35-56-46(50)6-3/h4-6,21-30,36H,1-3,7-20,31-35H2. The SMILES string of the molecule is C=CC(=O)CCCCCCCOc1ccc(-c2ccc(C(=O)Oc3ccc(OCCCCCCOC(=O)C=C)c(OCCCCCCOC(=O)C=C)c3)cc2)cc1. The quantitative estimate of drug-likeness (QED) is 0.0270. The second-order valence-corrected chi connectivity index (χ2v) is 13.4. The number of rotatable bonds is 31. The van der Waals surface area contributed by atoms with Crippen LogP contribution in [0.3, 0.4) is 0 Å². The summed E-state index contributed by atoms with van der Waals surface area (Å²) < 4.78 is 33.9. The molecule has 3 aromatic rings. The van der Waals surface area contributed by atoms with Crippen molar-refractivity contribution in [2.24, 2.45) is 0 Å². The minimum atomic E-state index is -0.494. The molecule has 0 fully saturated rings. The summed E-state index contributed by atoms with van der Waals surface area (Å²) in [6.45, 7) is 12.6. The van der Waals surface area contributed by atoms with Crippen LogP contribution >= 0.6 is 0 Å². The van der Waals surface area contributed by atoms with E-state index in [2.05, 4.69) is 19.7 Å². The third kappa shape index (κ3) is 19.2. The highest BCUT2D eigenvalue weighted by Gasteiger charge is 2.14. The van der Waals surface area contributed by atoms with E-state index in [-0.39, 0.29) is 5.78 Å². The topological polar surface area (TPSA) is 124 Å². The van der Waals surface area contributed by atoms with Gasteiger partial charge in [0.15, 0.2) is 17.3 Å². The summed E-state index contributed by atoms with van der Waals surface area (Å²) in [6.07, 6.45) is 16.0. The number of ketones is 1. The molecule has 3 aromatic carbocycles. The van der Waals surface area contributed by atoms with Crippen LogP contribution in [0.15, 0.2) is 105 Å². The third-order valence-electron chi connectivity index (χ3n) is 8.91. The van der Waals surface area contributed by atoms with Gasteiger partial charge in [-0.05, 0) is 118 Å². The number of unbranched alkanes of at least 4 members (excludes halogenated alkanes) is 10. The van der Waals surface area contributed by atoms with Crippen molar-refractivity contribution in [3.63, 3.8) is 0 Å². The van der Waals surface area contributed by atoms with Crippen molar-refractivity contribution >= 4 is 23.7 Å². The number of carbonyl (C=O) groups excluding carboxylic acids is 4. The highest BCUT2D eigenvalue weighted by molar-refractivity contribution is 5.92. The molecule has 306 valence electrons. The maximum absolute atomic E-state index is 13.2. The van der Waals surface area contributed by atoms with E-state index in [0.717, 1.165) is 112 Å². The van der Waals surface area contributed by atoms with Crippen molar-refractivity contribution in [2.45, 2.75) is 89.9 Å². The van der Waals surface area contributed by atoms with Gasteiger partial charge in [0.2, 0.25) is 0 Å². The maximum Gasteiger partial charge on any atom is 0.343 e. The molecule has 0 unspecified atom stereocenters. The molecule has 0 aromatic heterocycles. The Kier molecular flexibility index (Phi) is 22.4. The molecule has 0 radical (unpaired) electrons.